The van der Waals surface area contributed by atoms with Crippen molar-refractivity contribution in [2.75, 3.05) is 13.1 Å². The fraction of sp³-hybridized carbons (Fsp3) is 0.714. The number of aromatic nitrogens is 2. The molecule has 2 heterocycles. The van der Waals surface area contributed by atoms with Gasteiger partial charge in [0, 0.05) is 19.1 Å². The van der Waals surface area contributed by atoms with Crippen molar-refractivity contribution in [2.45, 2.75) is 46.2 Å². The van der Waals surface area contributed by atoms with Gasteiger partial charge in [-0.25, -0.2) is 0 Å². The van der Waals surface area contributed by atoms with Gasteiger partial charge in [-0.15, -0.1) is 0 Å². The zero-order valence-electron chi connectivity index (χ0n) is 12.1. The summed E-state index contributed by atoms with van der Waals surface area (Å²) in [7, 11) is 0. The zero-order valence-corrected chi connectivity index (χ0v) is 12.1. The maximum absolute atomic E-state index is 12.2. The molecule has 106 valence electrons. The molecule has 1 aliphatic rings. The molecule has 0 spiro atoms. The van der Waals surface area contributed by atoms with Crippen molar-refractivity contribution in [1.82, 2.24) is 20.4 Å². The van der Waals surface area contributed by atoms with Crippen LogP contribution in [0.4, 0.5) is 0 Å². The first-order valence-corrected chi connectivity index (χ1v) is 7.17. The second-order valence-corrected chi connectivity index (χ2v) is 5.38. The normalized spacial score (nSPS) is 23.3. The van der Waals surface area contributed by atoms with E-state index in [2.05, 4.69) is 22.7 Å². The lowest BCUT2D eigenvalue weighted by Crippen LogP contribution is -2.48. The molecule has 5 heteroatoms. The molecule has 2 atom stereocenters. The molecule has 0 saturated carbocycles. The van der Waals surface area contributed by atoms with E-state index >= 15 is 0 Å². The van der Waals surface area contributed by atoms with Crippen molar-refractivity contribution in [1.29, 1.82) is 0 Å². The minimum Gasteiger partial charge on any atom is -0.349 e. The van der Waals surface area contributed by atoms with Crippen LogP contribution >= 0.6 is 0 Å². The second kappa shape index (κ2) is 6.19. The molecule has 1 aliphatic heterocycles. The fourth-order valence-electron chi connectivity index (χ4n) is 2.65. The first kappa shape index (κ1) is 14.1. The van der Waals surface area contributed by atoms with E-state index in [1.54, 1.807) is 4.68 Å². The molecule has 1 saturated heterocycles. The smallest absolute Gasteiger partial charge is 0.269 e. The number of nitrogens with zero attached hydrogens (tertiary/aromatic N) is 2. The number of aryl methyl sites for hydroxylation is 2. The van der Waals surface area contributed by atoms with Gasteiger partial charge in [0.1, 0.15) is 5.69 Å². The molecule has 1 fully saturated rings. The van der Waals surface area contributed by atoms with Gasteiger partial charge in [0.2, 0.25) is 0 Å². The van der Waals surface area contributed by atoms with Gasteiger partial charge >= 0.3 is 0 Å². The highest BCUT2D eigenvalue weighted by molar-refractivity contribution is 5.92. The molecule has 2 N–H and O–H groups in total. The Morgan fingerprint density at radius 3 is 3.11 bits per heavy atom. The van der Waals surface area contributed by atoms with E-state index in [1.807, 2.05) is 19.9 Å². The van der Waals surface area contributed by atoms with Crippen LogP contribution in [-0.4, -0.2) is 34.8 Å². The summed E-state index contributed by atoms with van der Waals surface area (Å²) in [6, 6.07) is 2.23. The number of carbonyl (C=O) groups excluding carboxylic acids is 1. The van der Waals surface area contributed by atoms with Crippen molar-refractivity contribution < 1.29 is 4.79 Å². The van der Waals surface area contributed by atoms with Crippen LogP contribution in [0.15, 0.2) is 6.07 Å². The number of rotatable bonds is 4. The maximum atomic E-state index is 12.2. The Kier molecular flexibility index (Phi) is 4.58. The fourth-order valence-corrected chi connectivity index (χ4v) is 2.65. The summed E-state index contributed by atoms with van der Waals surface area (Å²) in [5, 5.41) is 10.8. The van der Waals surface area contributed by atoms with Crippen molar-refractivity contribution in [2.24, 2.45) is 5.92 Å². The molecule has 0 aliphatic carbocycles. The predicted molar refractivity (Wildman–Crippen MR) is 75.2 cm³/mol. The Balaban J connectivity index is 1.93. The SMILES string of the molecule is CCn1nc(C)cc1C(=O)NCC1NCCCC1C. The monoisotopic (exact) mass is 264 g/mol. The number of hydrogen-bond acceptors (Lipinski definition) is 3. The average Bonchev–Trinajstić information content (AvgIpc) is 2.79. The van der Waals surface area contributed by atoms with Gasteiger partial charge in [-0.1, -0.05) is 6.92 Å². The van der Waals surface area contributed by atoms with Crippen molar-refractivity contribution >= 4 is 5.91 Å². The lowest BCUT2D eigenvalue weighted by molar-refractivity contribution is 0.0933. The van der Waals surface area contributed by atoms with E-state index in [9.17, 15) is 4.79 Å². The minimum atomic E-state index is -0.0259. The second-order valence-electron chi connectivity index (χ2n) is 5.38. The van der Waals surface area contributed by atoms with Crippen LogP contribution in [0.25, 0.3) is 0 Å². The molecular formula is C14H24N4O. The molecule has 5 nitrogen and oxygen atoms in total. The van der Waals surface area contributed by atoms with Crippen LogP contribution in [0.3, 0.4) is 0 Å². The van der Waals surface area contributed by atoms with Gasteiger partial charge in [0.05, 0.1) is 5.69 Å². The largest absolute Gasteiger partial charge is 0.349 e. The number of nitrogens with one attached hydrogen (secondary N) is 2. The lowest BCUT2D eigenvalue weighted by Gasteiger charge is -2.30. The third kappa shape index (κ3) is 3.35. The molecular weight excluding hydrogens is 240 g/mol. The summed E-state index contributed by atoms with van der Waals surface area (Å²) in [5.74, 6) is 0.592. The van der Waals surface area contributed by atoms with Crippen LogP contribution in [0.1, 0.15) is 42.9 Å². The summed E-state index contributed by atoms with van der Waals surface area (Å²) in [4.78, 5) is 12.2. The molecule has 2 unspecified atom stereocenters. The summed E-state index contributed by atoms with van der Waals surface area (Å²) < 4.78 is 1.75. The first-order chi connectivity index (χ1) is 9.11. The number of piperidine rings is 1. The van der Waals surface area contributed by atoms with E-state index in [-0.39, 0.29) is 5.91 Å². The molecule has 2 rings (SSSR count). The molecule has 0 radical (unpaired) electrons. The lowest BCUT2D eigenvalue weighted by atomic mass is 9.93. The molecule has 1 aromatic heterocycles. The van der Waals surface area contributed by atoms with E-state index in [4.69, 9.17) is 0 Å². The van der Waals surface area contributed by atoms with E-state index in [0.29, 0.717) is 30.7 Å². The van der Waals surface area contributed by atoms with E-state index < -0.39 is 0 Å². The minimum absolute atomic E-state index is 0.0259. The standard InChI is InChI=1S/C14H24N4O/c1-4-18-13(8-11(3)17-18)14(19)16-9-12-10(2)6-5-7-15-12/h8,10,12,15H,4-7,9H2,1-3H3,(H,16,19). The maximum Gasteiger partial charge on any atom is 0.269 e. The quantitative estimate of drug-likeness (QED) is 0.862. The molecule has 1 amide bonds. The molecule has 19 heavy (non-hydrogen) atoms. The van der Waals surface area contributed by atoms with Crippen LogP contribution in [-0.2, 0) is 6.54 Å². The van der Waals surface area contributed by atoms with Crippen LogP contribution in [0.2, 0.25) is 0 Å². The Hall–Kier alpha value is -1.36. The van der Waals surface area contributed by atoms with Crippen molar-refractivity contribution in [3.8, 4) is 0 Å². The van der Waals surface area contributed by atoms with E-state index in [0.717, 1.165) is 12.2 Å². The van der Waals surface area contributed by atoms with Crippen LogP contribution < -0.4 is 10.6 Å². The molecule has 0 aromatic carbocycles. The highest BCUT2D eigenvalue weighted by Gasteiger charge is 2.22. The topological polar surface area (TPSA) is 59.0 Å². The zero-order chi connectivity index (χ0) is 13.8. The average molecular weight is 264 g/mol. The summed E-state index contributed by atoms with van der Waals surface area (Å²) >= 11 is 0. The highest BCUT2D eigenvalue weighted by Crippen LogP contribution is 2.14. The van der Waals surface area contributed by atoms with Gasteiger partial charge in [0.15, 0.2) is 0 Å². The molecule has 0 bridgehead atoms. The molecule has 1 aromatic rings. The van der Waals surface area contributed by atoms with Crippen molar-refractivity contribution in [3.05, 3.63) is 17.5 Å². The third-order valence-corrected chi connectivity index (χ3v) is 3.85. The Labute approximate surface area is 114 Å². The third-order valence-electron chi connectivity index (χ3n) is 3.85. The Morgan fingerprint density at radius 1 is 1.63 bits per heavy atom. The van der Waals surface area contributed by atoms with Gasteiger partial charge < -0.3 is 10.6 Å². The van der Waals surface area contributed by atoms with Crippen LogP contribution in [0.5, 0.6) is 0 Å². The summed E-state index contributed by atoms with van der Waals surface area (Å²) in [6.45, 7) is 8.60. The van der Waals surface area contributed by atoms with Gasteiger partial charge in [-0.05, 0) is 45.2 Å². The van der Waals surface area contributed by atoms with Gasteiger partial charge in [-0.2, -0.15) is 5.10 Å². The number of hydrogen-bond donors (Lipinski definition) is 2. The van der Waals surface area contributed by atoms with Crippen molar-refractivity contribution in [3.63, 3.8) is 0 Å². The van der Waals surface area contributed by atoms with E-state index in [1.165, 1.54) is 12.8 Å². The first-order valence-electron chi connectivity index (χ1n) is 7.17. The predicted octanol–water partition coefficient (Wildman–Crippen LogP) is 1.33. The number of amides is 1. The summed E-state index contributed by atoms with van der Waals surface area (Å²) in [6.07, 6.45) is 2.47. The number of carbonyl (C=O) groups is 1. The summed E-state index contributed by atoms with van der Waals surface area (Å²) in [5.41, 5.74) is 1.54. The van der Waals surface area contributed by atoms with Gasteiger partial charge in [-0.3, -0.25) is 9.48 Å². The Bertz CT molecular complexity index is 441. The Morgan fingerprint density at radius 2 is 2.42 bits per heavy atom. The van der Waals surface area contributed by atoms with Crippen LogP contribution in [0, 0.1) is 12.8 Å². The highest BCUT2D eigenvalue weighted by atomic mass is 16.2. The van der Waals surface area contributed by atoms with Gasteiger partial charge in [0.25, 0.3) is 5.91 Å².